The first kappa shape index (κ1) is 17.3. The Labute approximate surface area is 157 Å². The third kappa shape index (κ3) is 3.19. The molecule has 0 aliphatic carbocycles. The number of nitrogens with one attached hydrogen (secondary N) is 1. The summed E-state index contributed by atoms with van der Waals surface area (Å²) in [5.41, 5.74) is 4.02. The van der Waals surface area contributed by atoms with Crippen LogP contribution in [-0.4, -0.2) is 27.4 Å². The third-order valence-electron chi connectivity index (χ3n) is 4.45. The lowest BCUT2D eigenvalue weighted by atomic mass is 10.1. The van der Waals surface area contributed by atoms with Crippen LogP contribution in [0.2, 0.25) is 0 Å². The van der Waals surface area contributed by atoms with Crippen LogP contribution >= 0.6 is 0 Å². The number of nitrogens with zero attached hydrogens (tertiary/aromatic N) is 4. The maximum Gasteiger partial charge on any atom is 0.280 e. The summed E-state index contributed by atoms with van der Waals surface area (Å²) in [6.07, 6.45) is 5.36. The molecule has 0 aliphatic heterocycles. The maximum atomic E-state index is 12.6. The van der Waals surface area contributed by atoms with Gasteiger partial charge in [-0.3, -0.25) is 4.72 Å². The Balaban J connectivity index is 1.68. The number of fused-ring (bicyclic) bond motifs is 1. The van der Waals surface area contributed by atoms with Crippen LogP contribution in [-0.2, 0) is 17.1 Å². The van der Waals surface area contributed by atoms with Crippen LogP contribution in [0.5, 0.6) is 0 Å². The topological polar surface area (TPSA) is 81.3 Å². The molecule has 3 heterocycles. The predicted molar refractivity (Wildman–Crippen MR) is 104 cm³/mol. The number of hydrogen-bond acceptors (Lipinski definition) is 4. The zero-order chi connectivity index (χ0) is 19.2. The molecule has 138 valence electrons. The fraction of sp³-hybridized carbons (Fsp3) is 0.158. The molecule has 0 fully saturated rings. The molecule has 4 rings (SSSR count). The number of hydrogen-bond donors (Lipinski definition) is 1. The summed E-state index contributed by atoms with van der Waals surface area (Å²) in [7, 11) is -2.00. The smallest absolute Gasteiger partial charge is 0.280 e. The molecule has 0 saturated heterocycles. The quantitative estimate of drug-likeness (QED) is 0.589. The number of imidazole rings is 2. The van der Waals surface area contributed by atoms with Crippen LogP contribution < -0.4 is 4.72 Å². The Morgan fingerprint density at radius 2 is 1.85 bits per heavy atom. The highest BCUT2D eigenvalue weighted by Gasteiger charge is 2.19. The molecule has 4 aromatic rings. The average molecular weight is 381 g/mol. The molecule has 7 nitrogen and oxygen atoms in total. The highest BCUT2D eigenvalue weighted by atomic mass is 32.2. The van der Waals surface area contributed by atoms with Crippen molar-refractivity contribution in [3.05, 3.63) is 66.4 Å². The molecule has 3 aromatic heterocycles. The van der Waals surface area contributed by atoms with E-state index in [1.165, 1.54) is 6.20 Å². The zero-order valence-corrected chi connectivity index (χ0v) is 16.0. The van der Waals surface area contributed by atoms with Gasteiger partial charge in [-0.15, -0.1) is 0 Å². The van der Waals surface area contributed by atoms with Crippen LogP contribution in [0.25, 0.3) is 16.9 Å². The number of benzene rings is 1. The minimum atomic E-state index is -3.75. The molecule has 0 spiro atoms. The van der Waals surface area contributed by atoms with Gasteiger partial charge in [0.15, 0.2) is 5.03 Å². The van der Waals surface area contributed by atoms with Crippen molar-refractivity contribution < 1.29 is 8.42 Å². The van der Waals surface area contributed by atoms with Crippen LogP contribution in [0.3, 0.4) is 0 Å². The fourth-order valence-corrected chi connectivity index (χ4v) is 3.99. The number of aromatic nitrogens is 4. The zero-order valence-electron chi connectivity index (χ0n) is 15.2. The minimum Gasteiger partial charge on any atom is -0.337 e. The van der Waals surface area contributed by atoms with Crippen LogP contribution in [0.4, 0.5) is 5.69 Å². The van der Waals surface area contributed by atoms with Gasteiger partial charge in [0.2, 0.25) is 0 Å². The van der Waals surface area contributed by atoms with Gasteiger partial charge in [-0.25, -0.2) is 9.97 Å². The second-order valence-corrected chi connectivity index (χ2v) is 8.10. The van der Waals surface area contributed by atoms with E-state index in [0.717, 1.165) is 22.5 Å². The third-order valence-corrected chi connectivity index (χ3v) is 5.70. The lowest BCUT2D eigenvalue weighted by molar-refractivity contribution is 0.598. The van der Waals surface area contributed by atoms with E-state index >= 15 is 0 Å². The van der Waals surface area contributed by atoms with Crippen molar-refractivity contribution in [3.63, 3.8) is 0 Å². The Bertz CT molecular complexity index is 1230. The molecule has 0 unspecified atom stereocenters. The molecular weight excluding hydrogens is 362 g/mol. The minimum absolute atomic E-state index is 0.00346. The van der Waals surface area contributed by atoms with Crippen molar-refractivity contribution >= 4 is 21.4 Å². The predicted octanol–water partition coefficient (Wildman–Crippen LogP) is 3.15. The number of sulfonamides is 1. The molecule has 27 heavy (non-hydrogen) atoms. The van der Waals surface area contributed by atoms with Gasteiger partial charge >= 0.3 is 0 Å². The first-order valence-electron chi connectivity index (χ1n) is 8.41. The molecule has 0 amide bonds. The second-order valence-electron chi connectivity index (χ2n) is 6.47. The molecule has 0 radical (unpaired) electrons. The molecule has 8 heteroatoms. The normalized spacial score (nSPS) is 11.8. The monoisotopic (exact) mass is 381 g/mol. The Morgan fingerprint density at radius 3 is 2.56 bits per heavy atom. The summed E-state index contributed by atoms with van der Waals surface area (Å²) in [5, 5.41) is -0.00346. The number of aryl methyl sites for hydroxylation is 3. The number of anilines is 1. The van der Waals surface area contributed by atoms with Gasteiger partial charge in [0, 0.05) is 36.9 Å². The highest BCUT2D eigenvalue weighted by Crippen LogP contribution is 2.24. The number of rotatable bonds is 4. The first-order valence-corrected chi connectivity index (χ1v) is 9.89. The van der Waals surface area contributed by atoms with Crippen molar-refractivity contribution in [1.82, 2.24) is 18.9 Å². The molecule has 0 saturated carbocycles. The van der Waals surface area contributed by atoms with E-state index in [-0.39, 0.29) is 5.03 Å². The summed E-state index contributed by atoms with van der Waals surface area (Å²) >= 11 is 0. The van der Waals surface area contributed by atoms with Gasteiger partial charge in [-0.1, -0.05) is 18.2 Å². The molecule has 0 bridgehead atoms. The summed E-state index contributed by atoms with van der Waals surface area (Å²) < 4.78 is 31.4. The molecule has 1 aromatic carbocycles. The average Bonchev–Trinajstić information content (AvgIpc) is 3.20. The molecule has 0 aliphatic rings. The van der Waals surface area contributed by atoms with Gasteiger partial charge in [-0.05, 0) is 37.6 Å². The Morgan fingerprint density at radius 1 is 1.04 bits per heavy atom. The summed E-state index contributed by atoms with van der Waals surface area (Å²) in [5.74, 6) is 0.629. The lowest BCUT2D eigenvalue weighted by Gasteiger charge is -2.07. The van der Waals surface area contributed by atoms with Gasteiger partial charge in [0.25, 0.3) is 10.0 Å². The van der Waals surface area contributed by atoms with Crippen LogP contribution in [0.1, 0.15) is 11.4 Å². The maximum absolute atomic E-state index is 12.6. The SMILES string of the molecule is Cc1cccn2cc(-c3cccc(NS(=O)(=O)c4cn(C)c(C)n4)c3)nc12. The summed E-state index contributed by atoms with van der Waals surface area (Å²) in [4.78, 5) is 8.76. The lowest BCUT2D eigenvalue weighted by Crippen LogP contribution is -2.13. The molecular formula is C19H19N5O2S. The Kier molecular flexibility index (Phi) is 4.00. The van der Waals surface area contributed by atoms with E-state index in [2.05, 4.69) is 14.7 Å². The van der Waals surface area contributed by atoms with Crippen molar-refractivity contribution in [2.45, 2.75) is 18.9 Å². The first-order chi connectivity index (χ1) is 12.8. The van der Waals surface area contributed by atoms with Crippen LogP contribution in [0.15, 0.2) is 60.0 Å². The standard InChI is InChI=1S/C19H19N5O2S/c1-13-6-5-9-24-11-17(21-19(13)24)15-7-4-8-16(10-15)22-27(25,26)18-12-23(3)14(2)20-18/h4-12,22H,1-3H3. The second kappa shape index (κ2) is 6.24. The van der Waals surface area contributed by atoms with E-state index in [1.807, 2.05) is 41.9 Å². The van der Waals surface area contributed by atoms with E-state index in [0.29, 0.717) is 11.5 Å². The van der Waals surface area contributed by atoms with Gasteiger partial charge in [0.1, 0.15) is 11.5 Å². The van der Waals surface area contributed by atoms with Gasteiger partial charge in [0.05, 0.1) is 5.69 Å². The van der Waals surface area contributed by atoms with E-state index in [9.17, 15) is 8.42 Å². The van der Waals surface area contributed by atoms with Crippen molar-refractivity contribution in [3.8, 4) is 11.3 Å². The van der Waals surface area contributed by atoms with Crippen LogP contribution in [0, 0.1) is 13.8 Å². The van der Waals surface area contributed by atoms with Crippen molar-refractivity contribution in [2.24, 2.45) is 7.05 Å². The van der Waals surface area contributed by atoms with Crippen molar-refractivity contribution in [1.29, 1.82) is 0 Å². The largest absolute Gasteiger partial charge is 0.337 e. The summed E-state index contributed by atoms with van der Waals surface area (Å²) in [6, 6.07) is 11.1. The molecule has 1 N–H and O–H groups in total. The summed E-state index contributed by atoms with van der Waals surface area (Å²) in [6.45, 7) is 3.76. The van der Waals surface area contributed by atoms with E-state index in [4.69, 9.17) is 0 Å². The number of pyridine rings is 1. The van der Waals surface area contributed by atoms with E-state index < -0.39 is 10.0 Å². The van der Waals surface area contributed by atoms with Gasteiger partial charge < -0.3 is 8.97 Å². The highest BCUT2D eigenvalue weighted by molar-refractivity contribution is 7.92. The Hall–Kier alpha value is -3.13. The van der Waals surface area contributed by atoms with Gasteiger partial charge in [-0.2, -0.15) is 8.42 Å². The molecule has 0 atom stereocenters. The van der Waals surface area contributed by atoms with Crippen molar-refractivity contribution in [2.75, 3.05) is 4.72 Å². The van der Waals surface area contributed by atoms with E-state index in [1.54, 1.807) is 36.7 Å². The fourth-order valence-electron chi connectivity index (χ4n) is 2.90.